The van der Waals surface area contributed by atoms with Crippen LogP contribution in [0.4, 0.5) is 16.0 Å². The third kappa shape index (κ3) is 3.98. The van der Waals surface area contributed by atoms with E-state index < -0.39 is 17.8 Å². The molecule has 2 aromatic rings. The zero-order chi connectivity index (χ0) is 17.9. The van der Waals surface area contributed by atoms with Gasteiger partial charge < -0.3 is 15.0 Å². The molecule has 1 atom stereocenters. The van der Waals surface area contributed by atoms with Crippen molar-refractivity contribution in [2.24, 2.45) is 0 Å². The number of ether oxygens (including phenoxy) is 1. The number of rotatable bonds is 5. The van der Waals surface area contributed by atoms with E-state index in [1.165, 1.54) is 12.1 Å². The van der Waals surface area contributed by atoms with Crippen LogP contribution in [0.3, 0.4) is 0 Å². The Morgan fingerprint density at radius 2 is 1.79 bits per heavy atom. The predicted octanol–water partition coefficient (Wildman–Crippen LogP) is 2.70. The van der Waals surface area contributed by atoms with Gasteiger partial charge in [-0.1, -0.05) is 12.1 Å². The van der Waals surface area contributed by atoms with E-state index in [0.717, 1.165) is 0 Å². The Hall–Kier alpha value is -2.70. The second-order valence-electron chi connectivity index (χ2n) is 5.64. The number of nitrogens with zero attached hydrogens (tertiary/aromatic N) is 3. The van der Waals surface area contributed by atoms with Crippen molar-refractivity contribution in [3.8, 4) is 5.75 Å². The molecule has 1 N–H and O–H groups in total. The van der Waals surface area contributed by atoms with Gasteiger partial charge in [0.25, 0.3) is 5.91 Å². The highest BCUT2D eigenvalue weighted by atomic mass is 19.1. The van der Waals surface area contributed by atoms with Crippen molar-refractivity contribution in [1.29, 1.82) is 0 Å². The van der Waals surface area contributed by atoms with E-state index in [-0.39, 0.29) is 5.75 Å². The van der Waals surface area contributed by atoms with Crippen molar-refractivity contribution < 1.29 is 13.9 Å². The standard InChI is InChI=1S/C17H21FN4O2/c1-10-15(11(2)20-17(19-10)22(4)5)21-16(23)12(3)24-14-9-7-6-8-13(14)18/h6-9,12H,1-5H3,(H,21,23). The molecule has 0 bridgehead atoms. The molecule has 0 fully saturated rings. The molecule has 0 aliphatic heterocycles. The summed E-state index contributed by atoms with van der Waals surface area (Å²) in [6.45, 7) is 5.14. The number of nitrogens with one attached hydrogen (secondary N) is 1. The second-order valence-corrected chi connectivity index (χ2v) is 5.64. The molecule has 1 aromatic heterocycles. The molecule has 24 heavy (non-hydrogen) atoms. The first kappa shape index (κ1) is 17.7. The summed E-state index contributed by atoms with van der Waals surface area (Å²) in [6.07, 6.45) is -0.866. The lowest BCUT2D eigenvalue weighted by Gasteiger charge is -2.18. The highest BCUT2D eigenvalue weighted by Gasteiger charge is 2.19. The Morgan fingerprint density at radius 1 is 1.21 bits per heavy atom. The number of anilines is 2. The minimum atomic E-state index is -0.866. The van der Waals surface area contributed by atoms with Crippen molar-refractivity contribution >= 4 is 17.5 Å². The fourth-order valence-corrected chi connectivity index (χ4v) is 2.09. The van der Waals surface area contributed by atoms with Crippen molar-refractivity contribution in [3.63, 3.8) is 0 Å². The molecule has 0 saturated carbocycles. The Kier molecular flexibility index (Phi) is 5.33. The van der Waals surface area contributed by atoms with Gasteiger partial charge in [0.1, 0.15) is 0 Å². The molecule has 1 aromatic carbocycles. The maximum absolute atomic E-state index is 13.6. The molecule has 0 radical (unpaired) electrons. The van der Waals surface area contributed by atoms with E-state index in [9.17, 15) is 9.18 Å². The molecule has 128 valence electrons. The number of benzene rings is 1. The summed E-state index contributed by atoms with van der Waals surface area (Å²) >= 11 is 0. The average molecular weight is 332 g/mol. The van der Waals surface area contributed by atoms with Gasteiger partial charge >= 0.3 is 0 Å². The molecule has 0 aliphatic carbocycles. The first-order valence-electron chi connectivity index (χ1n) is 7.54. The fourth-order valence-electron chi connectivity index (χ4n) is 2.09. The third-order valence-electron chi connectivity index (χ3n) is 3.42. The lowest BCUT2D eigenvalue weighted by Crippen LogP contribution is -2.31. The van der Waals surface area contributed by atoms with Gasteiger partial charge in [0.05, 0.1) is 17.1 Å². The number of aromatic nitrogens is 2. The highest BCUT2D eigenvalue weighted by molar-refractivity contribution is 5.95. The summed E-state index contributed by atoms with van der Waals surface area (Å²) in [4.78, 5) is 22.8. The number of amides is 1. The third-order valence-corrected chi connectivity index (χ3v) is 3.42. The summed E-state index contributed by atoms with van der Waals surface area (Å²) in [5.74, 6) is -0.305. The maximum Gasteiger partial charge on any atom is 0.265 e. The minimum Gasteiger partial charge on any atom is -0.478 e. The lowest BCUT2D eigenvalue weighted by molar-refractivity contribution is -0.122. The highest BCUT2D eigenvalue weighted by Crippen LogP contribution is 2.21. The van der Waals surface area contributed by atoms with Crippen LogP contribution < -0.4 is 15.0 Å². The van der Waals surface area contributed by atoms with Crippen LogP contribution in [0.1, 0.15) is 18.3 Å². The van der Waals surface area contributed by atoms with Crippen LogP contribution >= 0.6 is 0 Å². The number of hydrogen-bond donors (Lipinski definition) is 1. The Bertz CT molecular complexity index is 726. The van der Waals surface area contributed by atoms with Gasteiger partial charge in [0.2, 0.25) is 5.95 Å². The van der Waals surface area contributed by atoms with Crippen LogP contribution in [0.2, 0.25) is 0 Å². The average Bonchev–Trinajstić information content (AvgIpc) is 2.52. The van der Waals surface area contributed by atoms with Crippen LogP contribution in [0, 0.1) is 19.7 Å². The van der Waals surface area contributed by atoms with Crippen LogP contribution in [0.25, 0.3) is 0 Å². The van der Waals surface area contributed by atoms with Gasteiger partial charge in [-0.2, -0.15) is 0 Å². The van der Waals surface area contributed by atoms with Crippen molar-refractivity contribution in [3.05, 3.63) is 41.5 Å². The van der Waals surface area contributed by atoms with E-state index in [2.05, 4.69) is 15.3 Å². The molecule has 0 saturated heterocycles. The Morgan fingerprint density at radius 3 is 2.33 bits per heavy atom. The number of para-hydroxylation sites is 1. The van der Waals surface area contributed by atoms with Gasteiger partial charge in [0, 0.05) is 14.1 Å². The predicted molar refractivity (Wildman–Crippen MR) is 91.0 cm³/mol. The number of carbonyl (C=O) groups excluding carboxylic acids is 1. The molecule has 0 aliphatic rings. The minimum absolute atomic E-state index is 0.0350. The SMILES string of the molecule is Cc1nc(N(C)C)nc(C)c1NC(=O)C(C)Oc1ccccc1F. The van der Waals surface area contributed by atoms with Crippen molar-refractivity contribution in [2.75, 3.05) is 24.3 Å². The van der Waals surface area contributed by atoms with E-state index >= 15 is 0 Å². The zero-order valence-electron chi connectivity index (χ0n) is 14.4. The topological polar surface area (TPSA) is 67.4 Å². The van der Waals surface area contributed by atoms with Crippen LogP contribution in [-0.4, -0.2) is 36.1 Å². The molecule has 1 heterocycles. The largest absolute Gasteiger partial charge is 0.478 e. The van der Waals surface area contributed by atoms with Crippen LogP contribution in [0.15, 0.2) is 24.3 Å². The normalized spacial score (nSPS) is 11.8. The zero-order valence-corrected chi connectivity index (χ0v) is 14.4. The van der Waals surface area contributed by atoms with E-state index in [4.69, 9.17) is 4.74 Å². The second kappa shape index (κ2) is 7.25. The maximum atomic E-state index is 13.6. The quantitative estimate of drug-likeness (QED) is 0.912. The molecule has 0 spiro atoms. The van der Waals surface area contributed by atoms with Gasteiger partial charge in [-0.05, 0) is 32.9 Å². The number of carbonyl (C=O) groups is 1. The molecular weight excluding hydrogens is 311 g/mol. The monoisotopic (exact) mass is 332 g/mol. The van der Waals surface area contributed by atoms with E-state index in [0.29, 0.717) is 23.0 Å². The molecule has 1 unspecified atom stereocenters. The van der Waals surface area contributed by atoms with Crippen molar-refractivity contribution in [2.45, 2.75) is 26.9 Å². The molecule has 1 amide bonds. The summed E-state index contributed by atoms with van der Waals surface area (Å²) in [7, 11) is 3.69. The number of halogens is 1. The molecule has 7 heteroatoms. The first-order valence-corrected chi connectivity index (χ1v) is 7.54. The Labute approximate surface area is 140 Å². The van der Waals surface area contributed by atoms with Gasteiger partial charge in [-0.25, -0.2) is 14.4 Å². The summed E-state index contributed by atoms with van der Waals surface area (Å²) in [6, 6.07) is 5.96. The van der Waals surface area contributed by atoms with Crippen molar-refractivity contribution in [1.82, 2.24) is 9.97 Å². The van der Waals surface area contributed by atoms with Crippen LogP contribution in [-0.2, 0) is 4.79 Å². The van der Waals surface area contributed by atoms with E-state index in [1.807, 2.05) is 14.1 Å². The van der Waals surface area contributed by atoms with Gasteiger partial charge in [0.15, 0.2) is 17.7 Å². The number of hydrogen-bond acceptors (Lipinski definition) is 5. The van der Waals surface area contributed by atoms with Gasteiger partial charge in [-0.15, -0.1) is 0 Å². The molecule has 2 rings (SSSR count). The Balaban J connectivity index is 2.13. The molecule has 6 nitrogen and oxygen atoms in total. The smallest absolute Gasteiger partial charge is 0.265 e. The summed E-state index contributed by atoms with van der Waals surface area (Å²) in [5, 5.41) is 2.75. The van der Waals surface area contributed by atoms with E-state index in [1.54, 1.807) is 37.8 Å². The lowest BCUT2D eigenvalue weighted by atomic mass is 10.2. The van der Waals surface area contributed by atoms with Crippen LogP contribution in [0.5, 0.6) is 5.75 Å². The first-order chi connectivity index (χ1) is 11.3. The summed E-state index contributed by atoms with van der Waals surface area (Å²) < 4.78 is 19.0. The fraction of sp³-hybridized carbons (Fsp3) is 0.353. The van der Waals surface area contributed by atoms with Gasteiger partial charge in [-0.3, -0.25) is 4.79 Å². The number of aryl methyl sites for hydroxylation is 2. The molecular formula is C17H21FN4O2. The summed E-state index contributed by atoms with van der Waals surface area (Å²) in [5.41, 5.74) is 1.84.